The molecule has 108 valence electrons. The lowest BCUT2D eigenvalue weighted by Gasteiger charge is -2.29. The lowest BCUT2D eigenvalue weighted by Crippen LogP contribution is -2.50. The topological polar surface area (TPSA) is 118 Å². The van der Waals surface area contributed by atoms with Crippen molar-refractivity contribution in [2.75, 3.05) is 12.3 Å². The Balaban J connectivity index is 2.25. The summed E-state index contributed by atoms with van der Waals surface area (Å²) in [5, 5.41) is 23.0. The van der Waals surface area contributed by atoms with E-state index in [9.17, 15) is 20.0 Å². The van der Waals surface area contributed by atoms with E-state index < -0.39 is 16.4 Å². The average Bonchev–Trinajstić information content (AvgIpc) is 3.22. The summed E-state index contributed by atoms with van der Waals surface area (Å²) in [5.41, 5.74) is 4.56. The number of aliphatic hydroxyl groups excluding tert-OH is 1. The SMILES string of the molecule is CC(CO)(NC(=O)c1cccc([N+](=O)[O-])c1N)C1CC1. The molecule has 20 heavy (non-hydrogen) atoms. The van der Waals surface area contributed by atoms with Crippen molar-refractivity contribution in [3.63, 3.8) is 0 Å². The number of benzene rings is 1. The largest absolute Gasteiger partial charge is 0.394 e. The van der Waals surface area contributed by atoms with Crippen molar-refractivity contribution < 1.29 is 14.8 Å². The number of amides is 1. The van der Waals surface area contributed by atoms with Crippen LogP contribution < -0.4 is 11.1 Å². The van der Waals surface area contributed by atoms with Gasteiger partial charge in [-0.05, 0) is 31.7 Å². The standard InChI is InChI=1S/C13H17N3O4/c1-13(7-17,8-5-6-8)15-12(18)9-3-2-4-10(11(9)14)16(19)20/h2-4,8,17H,5-7,14H2,1H3,(H,15,18). The third kappa shape index (κ3) is 2.57. The van der Waals surface area contributed by atoms with Gasteiger partial charge in [-0.3, -0.25) is 14.9 Å². The van der Waals surface area contributed by atoms with E-state index in [0.717, 1.165) is 12.8 Å². The maximum atomic E-state index is 12.2. The van der Waals surface area contributed by atoms with Crippen LogP contribution >= 0.6 is 0 Å². The molecule has 0 radical (unpaired) electrons. The van der Waals surface area contributed by atoms with Crippen LogP contribution in [0.3, 0.4) is 0 Å². The summed E-state index contributed by atoms with van der Waals surface area (Å²) in [6.07, 6.45) is 1.89. The van der Waals surface area contributed by atoms with Gasteiger partial charge in [-0.2, -0.15) is 0 Å². The molecular formula is C13H17N3O4. The van der Waals surface area contributed by atoms with E-state index in [1.165, 1.54) is 18.2 Å². The summed E-state index contributed by atoms with van der Waals surface area (Å²) in [7, 11) is 0. The number of nitrogens with two attached hydrogens (primary N) is 1. The molecule has 1 saturated carbocycles. The van der Waals surface area contributed by atoms with Crippen molar-refractivity contribution >= 4 is 17.3 Å². The van der Waals surface area contributed by atoms with Crippen molar-refractivity contribution in [3.8, 4) is 0 Å². The van der Waals surface area contributed by atoms with Crippen molar-refractivity contribution in [2.45, 2.75) is 25.3 Å². The fourth-order valence-corrected chi connectivity index (χ4v) is 2.23. The van der Waals surface area contributed by atoms with Crippen LogP contribution in [0.4, 0.5) is 11.4 Å². The molecule has 1 atom stereocenters. The molecule has 0 heterocycles. The lowest BCUT2D eigenvalue weighted by atomic mass is 9.96. The Labute approximate surface area is 115 Å². The molecular weight excluding hydrogens is 262 g/mol. The Morgan fingerprint density at radius 2 is 2.25 bits per heavy atom. The van der Waals surface area contributed by atoms with Crippen molar-refractivity contribution in [1.82, 2.24) is 5.32 Å². The van der Waals surface area contributed by atoms with Crippen LogP contribution in [-0.2, 0) is 0 Å². The Kier molecular flexibility index (Phi) is 3.63. The van der Waals surface area contributed by atoms with E-state index in [1.54, 1.807) is 6.92 Å². The third-order valence-corrected chi connectivity index (χ3v) is 3.73. The number of nitro benzene ring substituents is 1. The number of hydrogen-bond acceptors (Lipinski definition) is 5. The minimum Gasteiger partial charge on any atom is -0.394 e. The molecule has 0 spiro atoms. The molecule has 4 N–H and O–H groups in total. The van der Waals surface area contributed by atoms with Crippen LogP contribution in [0.25, 0.3) is 0 Å². The molecule has 0 aromatic heterocycles. The maximum Gasteiger partial charge on any atom is 0.292 e. The first-order chi connectivity index (χ1) is 9.39. The van der Waals surface area contributed by atoms with Crippen LogP contribution in [0, 0.1) is 16.0 Å². The van der Waals surface area contributed by atoms with Gasteiger partial charge in [-0.15, -0.1) is 0 Å². The summed E-state index contributed by atoms with van der Waals surface area (Å²) in [6.45, 7) is 1.58. The predicted octanol–water partition coefficient (Wildman–Crippen LogP) is 1.07. The Morgan fingerprint density at radius 1 is 1.60 bits per heavy atom. The monoisotopic (exact) mass is 279 g/mol. The first kappa shape index (κ1) is 14.3. The summed E-state index contributed by atoms with van der Waals surface area (Å²) in [6, 6.07) is 4.09. The molecule has 1 aromatic carbocycles. The summed E-state index contributed by atoms with van der Waals surface area (Å²) in [4.78, 5) is 22.4. The second kappa shape index (κ2) is 5.09. The number of carbonyl (C=O) groups excluding carboxylic acids is 1. The first-order valence-corrected chi connectivity index (χ1v) is 6.35. The third-order valence-electron chi connectivity index (χ3n) is 3.73. The average molecular weight is 279 g/mol. The van der Waals surface area contributed by atoms with Gasteiger partial charge in [0, 0.05) is 6.07 Å². The number of aliphatic hydroxyl groups is 1. The quantitative estimate of drug-likeness (QED) is 0.423. The van der Waals surface area contributed by atoms with E-state index in [2.05, 4.69) is 5.32 Å². The molecule has 2 rings (SSSR count). The number of para-hydroxylation sites is 1. The number of carbonyl (C=O) groups is 1. The molecule has 1 aliphatic rings. The molecule has 1 aromatic rings. The van der Waals surface area contributed by atoms with E-state index in [1.807, 2.05) is 0 Å². The lowest BCUT2D eigenvalue weighted by molar-refractivity contribution is -0.383. The summed E-state index contributed by atoms with van der Waals surface area (Å²) in [5.74, 6) is -0.272. The van der Waals surface area contributed by atoms with Gasteiger partial charge in [0.15, 0.2) is 0 Å². The Hall–Kier alpha value is -2.15. The Morgan fingerprint density at radius 3 is 2.75 bits per heavy atom. The zero-order chi connectivity index (χ0) is 14.9. The van der Waals surface area contributed by atoms with Crippen LogP contribution in [0.2, 0.25) is 0 Å². The normalized spacial score (nSPS) is 17.3. The van der Waals surface area contributed by atoms with Crippen LogP contribution in [0.15, 0.2) is 18.2 Å². The zero-order valence-electron chi connectivity index (χ0n) is 11.1. The fourth-order valence-electron chi connectivity index (χ4n) is 2.23. The summed E-state index contributed by atoms with van der Waals surface area (Å²) >= 11 is 0. The van der Waals surface area contributed by atoms with Gasteiger partial charge < -0.3 is 16.2 Å². The molecule has 0 bridgehead atoms. The highest BCUT2D eigenvalue weighted by molar-refractivity contribution is 6.01. The van der Waals surface area contributed by atoms with Crippen molar-refractivity contribution in [3.05, 3.63) is 33.9 Å². The van der Waals surface area contributed by atoms with Gasteiger partial charge in [0.1, 0.15) is 5.69 Å². The van der Waals surface area contributed by atoms with Gasteiger partial charge in [-0.1, -0.05) is 6.07 Å². The molecule has 1 unspecified atom stereocenters. The second-order valence-electron chi connectivity index (χ2n) is 5.30. The van der Waals surface area contributed by atoms with Crippen LogP contribution in [-0.4, -0.2) is 28.1 Å². The maximum absolute atomic E-state index is 12.2. The van der Waals surface area contributed by atoms with Gasteiger partial charge in [0.2, 0.25) is 0 Å². The highest BCUT2D eigenvalue weighted by atomic mass is 16.6. The smallest absolute Gasteiger partial charge is 0.292 e. The highest BCUT2D eigenvalue weighted by Crippen LogP contribution is 2.39. The second-order valence-corrected chi connectivity index (χ2v) is 5.30. The Bertz CT molecular complexity index is 557. The summed E-state index contributed by atoms with van der Waals surface area (Å²) < 4.78 is 0. The number of nitrogens with zero attached hydrogens (tertiary/aromatic N) is 1. The van der Waals surface area contributed by atoms with Crippen LogP contribution in [0.5, 0.6) is 0 Å². The minimum atomic E-state index is -0.714. The number of anilines is 1. The zero-order valence-corrected chi connectivity index (χ0v) is 11.1. The number of nitro groups is 1. The molecule has 0 saturated heterocycles. The van der Waals surface area contributed by atoms with Crippen molar-refractivity contribution in [1.29, 1.82) is 0 Å². The van der Waals surface area contributed by atoms with Gasteiger partial charge in [0.25, 0.3) is 11.6 Å². The van der Waals surface area contributed by atoms with E-state index in [0.29, 0.717) is 0 Å². The molecule has 0 aliphatic heterocycles. The van der Waals surface area contributed by atoms with Gasteiger partial charge in [0.05, 0.1) is 22.6 Å². The molecule has 1 fully saturated rings. The molecule has 7 nitrogen and oxygen atoms in total. The first-order valence-electron chi connectivity index (χ1n) is 6.35. The predicted molar refractivity (Wildman–Crippen MR) is 73.2 cm³/mol. The number of hydrogen-bond donors (Lipinski definition) is 3. The number of nitrogens with one attached hydrogen (secondary N) is 1. The van der Waals surface area contributed by atoms with E-state index in [-0.39, 0.29) is 29.5 Å². The number of rotatable bonds is 5. The molecule has 1 amide bonds. The van der Waals surface area contributed by atoms with Crippen LogP contribution in [0.1, 0.15) is 30.1 Å². The van der Waals surface area contributed by atoms with E-state index in [4.69, 9.17) is 5.73 Å². The van der Waals surface area contributed by atoms with Gasteiger partial charge in [-0.25, -0.2) is 0 Å². The number of nitrogen functional groups attached to an aromatic ring is 1. The highest BCUT2D eigenvalue weighted by Gasteiger charge is 2.42. The van der Waals surface area contributed by atoms with E-state index >= 15 is 0 Å². The fraction of sp³-hybridized carbons (Fsp3) is 0.462. The molecule has 1 aliphatic carbocycles. The van der Waals surface area contributed by atoms with Crippen molar-refractivity contribution in [2.24, 2.45) is 5.92 Å². The van der Waals surface area contributed by atoms with Gasteiger partial charge >= 0.3 is 0 Å². The minimum absolute atomic E-state index is 0.0551. The molecule has 7 heteroatoms.